The SMILES string of the molecule is COc1ccc(C(=N)N)cc1COc1cccc(Cl)c1. The van der Waals surface area contributed by atoms with Crippen LogP contribution in [0.2, 0.25) is 5.02 Å². The number of benzene rings is 2. The molecule has 4 nitrogen and oxygen atoms in total. The van der Waals surface area contributed by atoms with Gasteiger partial charge in [0.25, 0.3) is 0 Å². The molecule has 0 aliphatic carbocycles. The van der Waals surface area contributed by atoms with Crippen molar-refractivity contribution in [2.24, 2.45) is 5.73 Å². The number of rotatable bonds is 5. The van der Waals surface area contributed by atoms with Gasteiger partial charge >= 0.3 is 0 Å². The van der Waals surface area contributed by atoms with Gasteiger partial charge in [-0.15, -0.1) is 0 Å². The highest BCUT2D eigenvalue weighted by Gasteiger charge is 2.07. The zero-order chi connectivity index (χ0) is 14.5. The fourth-order valence-corrected chi connectivity index (χ4v) is 1.96. The van der Waals surface area contributed by atoms with Crippen LogP contribution in [0.15, 0.2) is 42.5 Å². The zero-order valence-corrected chi connectivity index (χ0v) is 11.8. The lowest BCUT2D eigenvalue weighted by Gasteiger charge is -2.12. The van der Waals surface area contributed by atoms with Crippen molar-refractivity contribution in [2.45, 2.75) is 6.61 Å². The van der Waals surface area contributed by atoms with Crippen molar-refractivity contribution in [1.29, 1.82) is 5.41 Å². The molecule has 2 rings (SSSR count). The van der Waals surface area contributed by atoms with E-state index in [9.17, 15) is 0 Å². The Hall–Kier alpha value is -2.20. The molecule has 0 amide bonds. The van der Waals surface area contributed by atoms with E-state index in [2.05, 4.69) is 0 Å². The minimum atomic E-state index is 0.0108. The van der Waals surface area contributed by atoms with Crippen molar-refractivity contribution in [2.75, 3.05) is 7.11 Å². The van der Waals surface area contributed by atoms with Gasteiger partial charge in [-0.2, -0.15) is 0 Å². The number of ether oxygens (including phenoxy) is 2. The predicted octanol–water partition coefficient (Wildman–Crippen LogP) is 3.21. The third kappa shape index (κ3) is 3.42. The number of hydrogen-bond acceptors (Lipinski definition) is 3. The van der Waals surface area contributed by atoms with E-state index >= 15 is 0 Å². The maximum atomic E-state index is 7.46. The molecule has 5 heteroatoms. The van der Waals surface area contributed by atoms with Crippen LogP contribution in [-0.2, 0) is 6.61 Å². The summed E-state index contributed by atoms with van der Waals surface area (Å²) in [6.45, 7) is 0.310. The Morgan fingerprint density at radius 3 is 2.70 bits per heavy atom. The number of nitrogens with two attached hydrogens (primary N) is 1. The normalized spacial score (nSPS) is 10.1. The molecule has 2 aromatic rings. The molecule has 3 N–H and O–H groups in total. The van der Waals surface area contributed by atoms with E-state index in [1.54, 1.807) is 37.4 Å². The van der Waals surface area contributed by atoms with Crippen LogP contribution in [0.4, 0.5) is 0 Å². The van der Waals surface area contributed by atoms with Crippen LogP contribution in [0.3, 0.4) is 0 Å². The first-order chi connectivity index (χ1) is 9.60. The quantitative estimate of drug-likeness (QED) is 0.656. The molecule has 0 heterocycles. The molecule has 0 atom stereocenters. The van der Waals surface area contributed by atoms with Gasteiger partial charge in [0.05, 0.1) is 7.11 Å². The van der Waals surface area contributed by atoms with E-state index in [4.69, 9.17) is 32.2 Å². The number of amidine groups is 1. The lowest BCUT2D eigenvalue weighted by atomic mass is 10.1. The molecule has 2 aromatic carbocycles. The summed E-state index contributed by atoms with van der Waals surface area (Å²) < 4.78 is 10.9. The highest BCUT2D eigenvalue weighted by Crippen LogP contribution is 2.23. The van der Waals surface area contributed by atoms with Crippen molar-refractivity contribution in [3.63, 3.8) is 0 Å². The van der Waals surface area contributed by atoms with Gasteiger partial charge in [-0.25, -0.2) is 0 Å². The second kappa shape index (κ2) is 6.30. The number of nitrogens with one attached hydrogen (secondary N) is 1. The smallest absolute Gasteiger partial charge is 0.125 e. The van der Waals surface area contributed by atoms with E-state index in [-0.39, 0.29) is 5.84 Å². The molecule has 104 valence electrons. The van der Waals surface area contributed by atoms with Crippen molar-refractivity contribution < 1.29 is 9.47 Å². The highest BCUT2D eigenvalue weighted by molar-refractivity contribution is 6.30. The topological polar surface area (TPSA) is 68.3 Å². The average molecular weight is 291 g/mol. The van der Waals surface area contributed by atoms with Gasteiger partial charge in [0.2, 0.25) is 0 Å². The molecule has 0 bridgehead atoms. The number of hydrogen-bond donors (Lipinski definition) is 2. The first-order valence-corrected chi connectivity index (χ1v) is 6.37. The Morgan fingerprint density at radius 1 is 1.25 bits per heavy atom. The van der Waals surface area contributed by atoms with Crippen LogP contribution in [0.25, 0.3) is 0 Å². The number of nitrogen functional groups attached to an aromatic ring is 1. The summed E-state index contributed by atoms with van der Waals surface area (Å²) in [4.78, 5) is 0. The Kier molecular flexibility index (Phi) is 4.48. The fourth-order valence-electron chi connectivity index (χ4n) is 1.78. The monoisotopic (exact) mass is 290 g/mol. The Morgan fingerprint density at radius 2 is 2.05 bits per heavy atom. The van der Waals surface area contributed by atoms with Gasteiger partial charge in [-0.05, 0) is 36.4 Å². The van der Waals surface area contributed by atoms with Crippen LogP contribution >= 0.6 is 11.6 Å². The predicted molar refractivity (Wildman–Crippen MR) is 79.8 cm³/mol. The fraction of sp³-hybridized carbons (Fsp3) is 0.133. The van der Waals surface area contributed by atoms with Gasteiger partial charge in [0.15, 0.2) is 0 Å². The molecule has 0 aliphatic rings. The average Bonchev–Trinajstić information content (AvgIpc) is 2.44. The second-order valence-corrected chi connectivity index (χ2v) is 4.62. The van der Waals surface area contributed by atoms with Gasteiger partial charge in [0.1, 0.15) is 23.9 Å². The summed E-state index contributed by atoms with van der Waals surface area (Å²) in [5.41, 5.74) is 6.94. The molecule has 20 heavy (non-hydrogen) atoms. The third-order valence-corrected chi connectivity index (χ3v) is 3.02. The molecule has 0 radical (unpaired) electrons. The molecular formula is C15H15ClN2O2. The summed E-state index contributed by atoms with van der Waals surface area (Å²) in [5, 5.41) is 8.08. The van der Waals surface area contributed by atoms with Crippen LogP contribution in [0.1, 0.15) is 11.1 Å². The zero-order valence-electron chi connectivity index (χ0n) is 11.0. The van der Waals surface area contributed by atoms with Crippen molar-refractivity contribution in [1.82, 2.24) is 0 Å². The van der Waals surface area contributed by atoms with Gasteiger partial charge in [0, 0.05) is 16.1 Å². The van der Waals surface area contributed by atoms with Crippen LogP contribution in [0, 0.1) is 5.41 Å². The van der Waals surface area contributed by atoms with Crippen molar-refractivity contribution in [3.05, 3.63) is 58.6 Å². The molecule has 0 aromatic heterocycles. The Labute approximate surface area is 122 Å². The molecule has 0 saturated heterocycles. The summed E-state index contributed by atoms with van der Waals surface area (Å²) >= 11 is 5.90. The highest BCUT2D eigenvalue weighted by atomic mass is 35.5. The minimum Gasteiger partial charge on any atom is -0.496 e. The molecule has 0 saturated carbocycles. The van der Waals surface area contributed by atoms with E-state index in [1.165, 1.54) is 0 Å². The second-order valence-electron chi connectivity index (χ2n) is 4.19. The van der Waals surface area contributed by atoms with Crippen molar-refractivity contribution >= 4 is 17.4 Å². The maximum Gasteiger partial charge on any atom is 0.125 e. The molecular weight excluding hydrogens is 276 g/mol. The van der Waals surface area contributed by atoms with E-state index in [0.717, 1.165) is 5.56 Å². The standard InChI is InChI=1S/C15H15ClN2O2/c1-19-14-6-5-10(15(17)18)7-11(14)9-20-13-4-2-3-12(16)8-13/h2-8H,9H2,1H3,(H3,17,18). The molecule has 0 spiro atoms. The number of methoxy groups -OCH3 is 1. The third-order valence-electron chi connectivity index (χ3n) is 2.78. The van der Waals surface area contributed by atoms with Crippen LogP contribution < -0.4 is 15.2 Å². The van der Waals surface area contributed by atoms with Gasteiger partial charge in [-0.1, -0.05) is 17.7 Å². The maximum absolute atomic E-state index is 7.46. The minimum absolute atomic E-state index is 0.0108. The van der Waals surface area contributed by atoms with E-state index < -0.39 is 0 Å². The number of halogens is 1. The summed E-state index contributed by atoms with van der Waals surface area (Å²) in [7, 11) is 1.59. The first kappa shape index (κ1) is 14.2. The van der Waals surface area contributed by atoms with E-state index in [0.29, 0.717) is 28.7 Å². The van der Waals surface area contributed by atoms with Gasteiger partial charge in [-0.3, -0.25) is 5.41 Å². The molecule has 0 unspecified atom stereocenters. The summed E-state index contributed by atoms with van der Waals surface area (Å²) in [6, 6.07) is 12.5. The lowest BCUT2D eigenvalue weighted by molar-refractivity contribution is 0.296. The first-order valence-electron chi connectivity index (χ1n) is 6.00. The van der Waals surface area contributed by atoms with E-state index in [1.807, 2.05) is 12.1 Å². The van der Waals surface area contributed by atoms with Crippen LogP contribution in [-0.4, -0.2) is 12.9 Å². The molecule has 0 fully saturated rings. The lowest BCUT2D eigenvalue weighted by Crippen LogP contribution is -2.12. The van der Waals surface area contributed by atoms with Crippen molar-refractivity contribution in [3.8, 4) is 11.5 Å². The summed E-state index contributed by atoms with van der Waals surface area (Å²) in [5.74, 6) is 1.38. The van der Waals surface area contributed by atoms with Gasteiger partial charge < -0.3 is 15.2 Å². The Bertz CT molecular complexity index is 629. The van der Waals surface area contributed by atoms with Crippen LogP contribution in [0.5, 0.6) is 11.5 Å². The summed E-state index contributed by atoms with van der Waals surface area (Å²) in [6.07, 6.45) is 0. The Balaban J connectivity index is 2.19. The molecule has 0 aliphatic heterocycles. The largest absolute Gasteiger partial charge is 0.496 e.